The molecule has 0 aliphatic heterocycles. The van der Waals surface area contributed by atoms with Crippen LogP contribution in [0.25, 0.3) is 10.8 Å². The summed E-state index contributed by atoms with van der Waals surface area (Å²) < 4.78 is 2.64. The molecule has 0 N–H and O–H groups in total. The molecular formula is C21H17ClN4O. The summed E-state index contributed by atoms with van der Waals surface area (Å²) >= 11 is 5.94. The lowest BCUT2D eigenvalue weighted by Crippen LogP contribution is -2.20. The Kier molecular flexibility index (Phi) is 4.60. The van der Waals surface area contributed by atoms with E-state index in [1.807, 2.05) is 54.6 Å². The van der Waals surface area contributed by atoms with Gasteiger partial charge in [-0.15, -0.1) is 0 Å². The molecule has 0 fully saturated rings. The molecule has 0 bridgehead atoms. The molecule has 0 atom stereocenters. The van der Waals surface area contributed by atoms with Gasteiger partial charge in [-0.2, -0.15) is 14.9 Å². The molecule has 5 nitrogen and oxygen atoms in total. The summed E-state index contributed by atoms with van der Waals surface area (Å²) in [6, 6.07) is 21.6. The van der Waals surface area contributed by atoms with E-state index in [1.54, 1.807) is 13.3 Å². The summed E-state index contributed by atoms with van der Waals surface area (Å²) in [5, 5.41) is 11.6. The van der Waals surface area contributed by atoms with Crippen LogP contribution in [0.3, 0.4) is 0 Å². The van der Waals surface area contributed by atoms with Crippen molar-refractivity contribution in [1.29, 1.82) is 0 Å². The van der Waals surface area contributed by atoms with Gasteiger partial charge in [-0.3, -0.25) is 0 Å². The van der Waals surface area contributed by atoms with Crippen molar-refractivity contribution in [1.82, 2.24) is 14.5 Å². The lowest BCUT2D eigenvalue weighted by molar-refractivity contribution is 0.709. The van der Waals surface area contributed by atoms with Crippen LogP contribution in [0.4, 0.5) is 0 Å². The van der Waals surface area contributed by atoms with Gasteiger partial charge in [0.15, 0.2) is 5.82 Å². The van der Waals surface area contributed by atoms with E-state index in [9.17, 15) is 4.79 Å². The van der Waals surface area contributed by atoms with Crippen LogP contribution in [0, 0.1) is 0 Å². The third kappa shape index (κ3) is 3.55. The topological polar surface area (TPSA) is 52.2 Å². The van der Waals surface area contributed by atoms with Crippen molar-refractivity contribution in [2.45, 2.75) is 6.42 Å². The van der Waals surface area contributed by atoms with Gasteiger partial charge in [0.2, 0.25) is 0 Å². The van der Waals surface area contributed by atoms with E-state index in [2.05, 4.69) is 22.3 Å². The molecule has 0 unspecified atom stereocenters. The Morgan fingerprint density at radius 3 is 2.59 bits per heavy atom. The maximum Gasteiger partial charge on any atom is 0.366 e. The quantitative estimate of drug-likeness (QED) is 0.508. The Hall–Kier alpha value is -3.18. The summed E-state index contributed by atoms with van der Waals surface area (Å²) in [4.78, 5) is 12.4. The average Bonchev–Trinajstić information content (AvgIpc) is 2.95. The van der Waals surface area contributed by atoms with Gasteiger partial charge < -0.3 is 0 Å². The number of benzene rings is 3. The number of halogens is 1. The SMILES string of the molecule is Cn1nc(Cc2ccc(Cl)cc2)n(/N=C/c2cccc3ccccc23)c1=O. The van der Waals surface area contributed by atoms with Crippen LogP contribution in [0.5, 0.6) is 0 Å². The minimum absolute atomic E-state index is 0.282. The van der Waals surface area contributed by atoms with Gasteiger partial charge in [0, 0.05) is 24.1 Å². The van der Waals surface area contributed by atoms with E-state index < -0.39 is 0 Å². The second-order valence-corrected chi connectivity index (χ2v) is 6.69. The Labute approximate surface area is 161 Å². The zero-order valence-corrected chi connectivity index (χ0v) is 15.5. The normalized spacial score (nSPS) is 11.5. The van der Waals surface area contributed by atoms with Crippen molar-refractivity contribution in [3.63, 3.8) is 0 Å². The summed E-state index contributed by atoms with van der Waals surface area (Å²) in [5.74, 6) is 0.571. The van der Waals surface area contributed by atoms with Gasteiger partial charge in [0.1, 0.15) is 0 Å². The van der Waals surface area contributed by atoms with Crippen LogP contribution in [0.1, 0.15) is 17.0 Å². The van der Waals surface area contributed by atoms with Gasteiger partial charge in [-0.05, 0) is 28.5 Å². The van der Waals surface area contributed by atoms with Crippen molar-refractivity contribution in [3.8, 4) is 0 Å². The molecule has 0 saturated heterocycles. The van der Waals surface area contributed by atoms with E-state index in [1.165, 1.54) is 9.36 Å². The molecule has 3 aromatic carbocycles. The average molecular weight is 377 g/mol. The molecule has 0 aliphatic rings. The second-order valence-electron chi connectivity index (χ2n) is 6.25. The monoisotopic (exact) mass is 376 g/mol. The van der Waals surface area contributed by atoms with Crippen LogP contribution >= 0.6 is 11.6 Å². The fourth-order valence-corrected chi connectivity index (χ4v) is 3.13. The molecule has 1 aromatic heterocycles. The predicted molar refractivity (Wildman–Crippen MR) is 109 cm³/mol. The predicted octanol–water partition coefficient (Wildman–Crippen LogP) is 3.86. The summed E-state index contributed by atoms with van der Waals surface area (Å²) in [6.07, 6.45) is 2.19. The van der Waals surface area contributed by atoms with Crippen LogP contribution < -0.4 is 5.69 Å². The van der Waals surface area contributed by atoms with Gasteiger partial charge in [-0.25, -0.2) is 9.48 Å². The first-order valence-corrected chi connectivity index (χ1v) is 8.91. The third-order valence-electron chi connectivity index (χ3n) is 4.38. The zero-order valence-electron chi connectivity index (χ0n) is 14.7. The summed E-state index contributed by atoms with van der Waals surface area (Å²) in [7, 11) is 1.62. The molecule has 0 amide bonds. The largest absolute Gasteiger partial charge is 0.366 e. The minimum Gasteiger partial charge on any atom is -0.244 e. The van der Waals surface area contributed by atoms with Gasteiger partial charge in [0.25, 0.3) is 0 Å². The molecule has 134 valence electrons. The van der Waals surface area contributed by atoms with Gasteiger partial charge in [0.05, 0.1) is 6.21 Å². The van der Waals surface area contributed by atoms with Crippen LogP contribution in [0.15, 0.2) is 76.6 Å². The number of hydrogen-bond acceptors (Lipinski definition) is 3. The van der Waals surface area contributed by atoms with Gasteiger partial charge in [-0.1, -0.05) is 66.2 Å². The highest BCUT2D eigenvalue weighted by Gasteiger charge is 2.11. The van der Waals surface area contributed by atoms with E-state index >= 15 is 0 Å². The highest BCUT2D eigenvalue weighted by molar-refractivity contribution is 6.30. The standard InChI is InChI=1S/C21H17ClN4O/c1-25-21(27)26(20(24-25)13-15-9-11-18(22)12-10-15)23-14-17-7-4-6-16-5-2-3-8-19(16)17/h2-12,14H,13H2,1H3/b23-14+. The van der Waals surface area contributed by atoms with Crippen LogP contribution in [-0.4, -0.2) is 20.7 Å². The fourth-order valence-electron chi connectivity index (χ4n) is 3.00. The maximum absolute atomic E-state index is 12.4. The lowest BCUT2D eigenvalue weighted by atomic mass is 10.1. The maximum atomic E-state index is 12.4. The Morgan fingerprint density at radius 1 is 1.04 bits per heavy atom. The Morgan fingerprint density at radius 2 is 1.78 bits per heavy atom. The molecule has 27 heavy (non-hydrogen) atoms. The molecule has 0 spiro atoms. The summed E-state index contributed by atoms with van der Waals surface area (Å²) in [5.41, 5.74) is 1.67. The minimum atomic E-state index is -0.282. The first-order valence-electron chi connectivity index (χ1n) is 8.53. The Balaban J connectivity index is 1.72. The highest BCUT2D eigenvalue weighted by atomic mass is 35.5. The van der Waals surface area contributed by atoms with E-state index in [0.29, 0.717) is 17.3 Å². The molecule has 4 aromatic rings. The number of hydrogen-bond donors (Lipinski definition) is 0. The van der Waals surface area contributed by atoms with Crippen molar-refractivity contribution in [2.75, 3.05) is 0 Å². The second kappa shape index (κ2) is 7.21. The first-order chi connectivity index (χ1) is 13.1. The zero-order chi connectivity index (χ0) is 18.8. The lowest BCUT2D eigenvalue weighted by Gasteiger charge is -2.03. The van der Waals surface area contributed by atoms with E-state index in [-0.39, 0.29) is 5.69 Å². The number of aromatic nitrogens is 3. The number of rotatable bonds is 4. The molecular weight excluding hydrogens is 360 g/mol. The molecule has 0 saturated carbocycles. The molecule has 6 heteroatoms. The molecule has 0 radical (unpaired) electrons. The molecule has 4 rings (SSSR count). The molecule has 0 aliphatic carbocycles. The first kappa shape index (κ1) is 17.2. The fraction of sp³-hybridized carbons (Fsp3) is 0.0952. The number of fused-ring (bicyclic) bond motifs is 1. The van der Waals surface area contributed by atoms with Crippen molar-refractivity contribution in [2.24, 2.45) is 12.1 Å². The summed E-state index contributed by atoms with van der Waals surface area (Å²) in [6.45, 7) is 0. The number of aryl methyl sites for hydroxylation is 1. The highest BCUT2D eigenvalue weighted by Crippen LogP contribution is 2.17. The van der Waals surface area contributed by atoms with Gasteiger partial charge >= 0.3 is 5.69 Å². The van der Waals surface area contributed by atoms with Crippen molar-refractivity contribution < 1.29 is 0 Å². The van der Waals surface area contributed by atoms with Crippen LogP contribution in [0.2, 0.25) is 5.02 Å². The van der Waals surface area contributed by atoms with Crippen molar-refractivity contribution >= 4 is 28.6 Å². The van der Waals surface area contributed by atoms with E-state index in [0.717, 1.165) is 21.9 Å². The Bertz CT molecular complexity index is 1180. The van der Waals surface area contributed by atoms with Crippen LogP contribution in [-0.2, 0) is 13.5 Å². The third-order valence-corrected chi connectivity index (χ3v) is 4.63. The molecule has 1 heterocycles. The number of nitrogens with zero attached hydrogens (tertiary/aromatic N) is 4. The van der Waals surface area contributed by atoms with Crippen molar-refractivity contribution in [3.05, 3.63) is 99.2 Å². The smallest absolute Gasteiger partial charge is 0.244 e. The van der Waals surface area contributed by atoms with E-state index in [4.69, 9.17) is 11.6 Å².